The second-order valence-electron chi connectivity index (χ2n) is 11.5. The lowest BCUT2D eigenvalue weighted by molar-refractivity contribution is -0.117. The predicted octanol–water partition coefficient (Wildman–Crippen LogP) is 2.54. The summed E-state index contributed by atoms with van der Waals surface area (Å²) in [6.45, 7) is -0.823. The largest absolute Gasteiger partial charge is 0.496 e. The molecule has 5 N–H and O–H groups in total. The number of hydrogen-bond acceptors (Lipinski definition) is 9. The Morgan fingerprint density at radius 2 is 1.52 bits per heavy atom. The number of likely N-dealkylation sites (N-methyl/N-ethyl adjacent to an activating group) is 1. The molecule has 3 aromatic carbocycles. The Morgan fingerprint density at radius 3 is 2.23 bits per heavy atom. The van der Waals surface area contributed by atoms with Crippen LogP contribution in [0.5, 0.6) is 11.5 Å². The molecule has 0 unspecified atom stereocenters. The molecule has 254 valence electrons. The number of aromatic nitrogens is 1. The van der Waals surface area contributed by atoms with E-state index < -0.39 is 36.9 Å². The highest BCUT2D eigenvalue weighted by atomic mass is 35.5. The van der Waals surface area contributed by atoms with Gasteiger partial charge in [-0.25, -0.2) is 0 Å². The Labute approximate surface area is 282 Å². The highest BCUT2D eigenvalue weighted by Crippen LogP contribution is 2.40. The van der Waals surface area contributed by atoms with Crippen LogP contribution in [0.1, 0.15) is 32.1 Å². The monoisotopic (exact) mass is 679 g/mol. The molecule has 5 rings (SSSR count). The number of anilines is 1. The zero-order valence-corrected chi connectivity index (χ0v) is 27.4. The molecule has 0 radical (unpaired) electrons. The van der Waals surface area contributed by atoms with E-state index in [9.17, 15) is 30.0 Å². The minimum Gasteiger partial charge on any atom is -0.496 e. The van der Waals surface area contributed by atoms with Crippen molar-refractivity contribution in [3.05, 3.63) is 100 Å². The third-order valence-corrected chi connectivity index (χ3v) is 8.83. The lowest BCUT2D eigenvalue weighted by Gasteiger charge is -2.28. The van der Waals surface area contributed by atoms with E-state index in [-0.39, 0.29) is 36.8 Å². The Balaban J connectivity index is 1.46. The van der Waals surface area contributed by atoms with Crippen molar-refractivity contribution in [1.82, 2.24) is 9.47 Å². The maximum atomic E-state index is 14.4. The molecule has 1 aliphatic heterocycles. The zero-order valence-electron chi connectivity index (χ0n) is 26.7. The smallest absolute Gasteiger partial charge is 0.270 e. The van der Waals surface area contributed by atoms with Gasteiger partial charge in [0.2, 0.25) is 0 Å². The molecular weight excluding hydrogens is 642 g/mol. The molecule has 0 bridgehead atoms. The van der Waals surface area contributed by atoms with E-state index in [4.69, 9.17) is 26.2 Å². The van der Waals surface area contributed by atoms with E-state index in [1.165, 1.54) is 19.1 Å². The second-order valence-corrected chi connectivity index (χ2v) is 11.9. The number of aliphatic hydroxyl groups excluding tert-OH is 5. The Kier molecular flexibility index (Phi) is 10.7. The van der Waals surface area contributed by atoms with Crippen LogP contribution in [0.25, 0.3) is 11.1 Å². The molecule has 2 heterocycles. The van der Waals surface area contributed by atoms with Crippen LogP contribution in [-0.4, -0.2) is 106 Å². The molecule has 1 aliphatic rings. The fourth-order valence-electron chi connectivity index (χ4n) is 5.87. The van der Waals surface area contributed by atoms with Gasteiger partial charge in [-0.3, -0.25) is 9.59 Å². The summed E-state index contributed by atoms with van der Waals surface area (Å²) in [4.78, 5) is 30.8. The van der Waals surface area contributed by atoms with Crippen LogP contribution in [0.2, 0.25) is 5.02 Å². The first-order valence-electron chi connectivity index (χ1n) is 15.2. The lowest BCUT2D eigenvalue weighted by atomic mass is 10.0. The summed E-state index contributed by atoms with van der Waals surface area (Å²) in [5, 5.41) is 49.7. The molecule has 12 nitrogen and oxygen atoms in total. The summed E-state index contributed by atoms with van der Waals surface area (Å²) in [6.07, 6.45) is -6.90. The molecule has 4 atom stereocenters. The Morgan fingerprint density at radius 1 is 0.854 bits per heavy atom. The number of amides is 2. The van der Waals surface area contributed by atoms with Crippen LogP contribution in [-0.2, 0) is 13.1 Å². The summed E-state index contributed by atoms with van der Waals surface area (Å²) in [6, 6.07) is 21.4. The fourth-order valence-corrected chi connectivity index (χ4v) is 6.13. The topological polar surface area (TPSA) is 165 Å². The summed E-state index contributed by atoms with van der Waals surface area (Å²) in [5.41, 5.74) is 3.96. The predicted molar refractivity (Wildman–Crippen MR) is 179 cm³/mol. The van der Waals surface area contributed by atoms with Gasteiger partial charge in [0.25, 0.3) is 11.8 Å². The molecule has 1 aromatic heterocycles. The fraction of sp³-hybridized carbons (Fsp3) is 0.314. The average Bonchev–Trinajstić information content (AvgIpc) is 3.42. The van der Waals surface area contributed by atoms with Crippen LogP contribution < -0.4 is 14.4 Å². The molecule has 13 heteroatoms. The summed E-state index contributed by atoms with van der Waals surface area (Å²) in [5.74, 6) is 0.0790. The number of carbonyl (C=O) groups excluding carboxylic acids is 2. The molecule has 0 saturated heterocycles. The maximum absolute atomic E-state index is 14.4. The number of methoxy groups -OCH3 is 2. The van der Waals surface area contributed by atoms with Gasteiger partial charge in [0, 0.05) is 41.1 Å². The van der Waals surface area contributed by atoms with Crippen molar-refractivity contribution in [2.24, 2.45) is 0 Å². The number of para-hydroxylation sites is 2. The van der Waals surface area contributed by atoms with E-state index in [2.05, 4.69) is 0 Å². The third-order valence-electron chi connectivity index (χ3n) is 8.52. The van der Waals surface area contributed by atoms with Crippen molar-refractivity contribution in [3.63, 3.8) is 0 Å². The molecule has 0 fully saturated rings. The molecule has 0 spiro atoms. The van der Waals surface area contributed by atoms with Gasteiger partial charge in [0.1, 0.15) is 41.6 Å². The number of fused-ring (bicyclic) bond motifs is 2. The van der Waals surface area contributed by atoms with E-state index in [0.717, 1.165) is 11.1 Å². The van der Waals surface area contributed by atoms with Gasteiger partial charge in [-0.15, -0.1) is 0 Å². The molecule has 2 amide bonds. The number of halogens is 1. The van der Waals surface area contributed by atoms with Crippen molar-refractivity contribution in [2.75, 3.05) is 39.3 Å². The van der Waals surface area contributed by atoms with E-state index in [1.54, 1.807) is 40.8 Å². The van der Waals surface area contributed by atoms with Gasteiger partial charge in [0.05, 0.1) is 39.5 Å². The van der Waals surface area contributed by atoms with Gasteiger partial charge >= 0.3 is 0 Å². The molecule has 0 aliphatic carbocycles. The molecule has 4 aromatic rings. The van der Waals surface area contributed by atoms with Crippen LogP contribution in [0.4, 0.5) is 5.69 Å². The lowest BCUT2D eigenvalue weighted by Crippen LogP contribution is -2.50. The number of ether oxygens (including phenoxy) is 2. The summed E-state index contributed by atoms with van der Waals surface area (Å²) >= 11 is 6.78. The first-order chi connectivity index (χ1) is 23.0. The van der Waals surface area contributed by atoms with Gasteiger partial charge in [-0.1, -0.05) is 48.0 Å². The average molecular weight is 680 g/mol. The van der Waals surface area contributed by atoms with E-state index in [0.29, 0.717) is 33.5 Å². The Bertz CT molecular complexity index is 1790. The Hall–Kier alpha value is -4.43. The first-order valence-corrected chi connectivity index (χ1v) is 15.6. The minimum atomic E-state index is -1.82. The molecule has 48 heavy (non-hydrogen) atoms. The third kappa shape index (κ3) is 6.76. The second kappa shape index (κ2) is 14.8. The SMILES string of the molecule is COc1cc(-c2ccccc2OC)c(Cl)cc1C(=O)N1Cc2ccc(C(=O)N(C)C[C@@H](O)[C@H](O)[C@@H](O)[C@@H](O)CO)n2Cc2ccccc21. The number of rotatable bonds is 11. The highest BCUT2D eigenvalue weighted by Gasteiger charge is 2.33. The number of hydrogen-bond donors (Lipinski definition) is 5. The zero-order chi connectivity index (χ0) is 34.7. The summed E-state index contributed by atoms with van der Waals surface area (Å²) < 4.78 is 13.0. The maximum Gasteiger partial charge on any atom is 0.270 e. The number of aliphatic hydroxyl groups is 5. The normalized spacial score (nSPS) is 15.0. The van der Waals surface area contributed by atoms with Crippen LogP contribution in [0.3, 0.4) is 0 Å². The van der Waals surface area contributed by atoms with E-state index in [1.807, 2.05) is 48.5 Å². The van der Waals surface area contributed by atoms with Crippen molar-refractivity contribution in [3.8, 4) is 22.6 Å². The van der Waals surface area contributed by atoms with E-state index >= 15 is 0 Å². The molecule has 0 saturated carbocycles. The van der Waals surface area contributed by atoms with Crippen LogP contribution in [0.15, 0.2) is 72.8 Å². The minimum absolute atomic E-state index is 0.106. The molecular formula is C35H38ClN3O9. The highest BCUT2D eigenvalue weighted by molar-refractivity contribution is 6.34. The van der Waals surface area contributed by atoms with Gasteiger partial charge < -0.3 is 49.4 Å². The van der Waals surface area contributed by atoms with Crippen molar-refractivity contribution >= 4 is 29.1 Å². The standard InChI is InChI=1S/C35H38ClN3O9/c1-37(18-28(41)32(43)33(44)29(42)19-40)35(46)27-13-12-21-17-39(26-10-6-4-8-20(26)16-38(21)27)34(45)24-14-25(36)23(15-31(24)48-3)22-9-5-7-11-30(22)47-2/h4-15,28-29,32-33,40-44H,16-19H2,1-3H3/t28-,29+,32+,33+/m1/s1. The van der Waals surface area contributed by atoms with Gasteiger partial charge in [-0.2, -0.15) is 0 Å². The first kappa shape index (κ1) is 34.9. The number of benzene rings is 3. The van der Waals surface area contributed by atoms with Crippen LogP contribution in [0, 0.1) is 0 Å². The number of nitrogens with zero attached hydrogens (tertiary/aromatic N) is 3. The van der Waals surface area contributed by atoms with Gasteiger partial charge in [0.15, 0.2) is 0 Å². The van der Waals surface area contributed by atoms with Gasteiger partial charge in [-0.05, 0) is 42.0 Å². The van der Waals surface area contributed by atoms with Crippen molar-refractivity contribution in [1.29, 1.82) is 0 Å². The summed E-state index contributed by atoms with van der Waals surface area (Å²) in [7, 11) is 4.48. The number of carbonyl (C=O) groups is 2. The van der Waals surface area contributed by atoms with Crippen molar-refractivity contribution in [2.45, 2.75) is 37.5 Å². The van der Waals surface area contributed by atoms with Crippen molar-refractivity contribution < 1.29 is 44.6 Å². The quantitative estimate of drug-likeness (QED) is 0.160. The van der Waals surface area contributed by atoms with Crippen LogP contribution >= 0.6 is 11.6 Å².